The van der Waals surface area contributed by atoms with E-state index in [1.165, 1.54) is 10.4 Å². The SMILES string of the molecule is C[SiH](C)O[SiH2][SiH](C)O[SiH2][SiH2]O[SiH](c1ccccc1)c1ccccc1. The van der Waals surface area contributed by atoms with Crippen molar-refractivity contribution in [1.29, 1.82) is 0 Å². The number of hydrogen-bond acceptors (Lipinski definition) is 3. The Bertz CT molecular complexity index is 532. The van der Waals surface area contributed by atoms with E-state index < -0.39 is 45.2 Å². The monoisotopic (exact) mass is 424 g/mol. The van der Waals surface area contributed by atoms with Gasteiger partial charge in [-0.15, -0.1) is 0 Å². The van der Waals surface area contributed by atoms with Crippen LogP contribution in [0.1, 0.15) is 0 Å². The molecule has 1 atom stereocenters. The van der Waals surface area contributed by atoms with Crippen molar-refractivity contribution in [2.75, 3.05) is 0 Å². The van der Waals surface area contributed by atoms with Crippen LogP contribution in [0, 0.1) is 0 Å². The first kappa shape index (κ1) is 19.9. The van der Waals surface area contributed by atoms with Crippen molar-refractivity contribution in [2.24, 2.45) is 0 Å². The second-order valence-electron chi connectivity index (χ2n) is 6.14. The number of rotatable bonds is 10. The highest BCUT2D eigenvalue weighted by Crippen LogP contribution is 1.94. The molecule has 0 aliphatic heterocycles. The van der Waals surface area contributed by atoms with Crippen LogP contribution in [0.3, 0.4) is 0 Å². The second-order valence-corrected chi connectivity index (χ2v) is 24.0. The van der Waals surface area contributed by atoms with Crippen molar-refractivity contribution in [3.63, 3.8) is 0 Å². The van der Waals surface area contributed by atoms with Gasteiger partial charge in [0.15, 0.2) is 45.4 Å². The highest BCUT2D eigenvalue weighted by molar-refractivity contribution is 7.11. The maximum Gasteiger partial charge on any atom is 0.228 e. The molecule has 0 radical (unpaired) electrons. The minimum atomic E-state index is -1.53. The van der Waals surface area contributed by atoms with E-state index >= 15 is 0 Å². The molecule has 0 bridgehead atoms. The van der Waals surface area contributed by atoms with Crippen LogP contribution in [0.2, 0.25) is 19.6 Å². The van der Waals surface area contributed by atoms with E-state index in [0.717, 1.165) is 0 Å². The average Bonchev–Trinajstić information content (AvgIpc) is 2.61. The minimum Gasteiger partial charge on any atom is -0.464 e. The van der Waals surface area contributed by atoms with Gasteiger partial charge in [0, 0.05) is 0 Å². The maximum atomic E-state index is 6.51. The molecule has 130 valence electrons. The van der Waals surface area contributed by atoms with Crippen LogP contribution in [0.5, 0.6) is 0 Å². The number of hydrogen-bond donors (Lipinski definition) is 0. The first-order valence-corrected chi connectivity index (χ1v) is 23.6. The van der Waals surface area contributed by atoms with Gasteiger partial charge in [-0.3, -0.25) is 0 Å². The Balaban J connectivity index is 1.86. The topological polar surface area (TPSA) is 27.7 Å². The predicted molar refractivity (Wildman–Crippen MR) is 120 cm³/mol. The van der Waals surface area contributed by atoms with Gasteiger partial charge in [-0.1, -0.05) is 67.2 Å². The molecule has 3 nitrogen and oxygen atoms in total. The van der Waals surface area contributed by atoms with E-state index in [0.29, 0.717) is 0 Å². The van der Waals surface area contributed by atoms with Gasteiger partial charge in [-0.25, -0.2) is 0 Å². The highest BCUT2D eigenvalue weighted by atomic mass is 29.2. The quantitative estimate of drug-likeness (QED) is 0.346. The lowest BCUT2D eigenvalue weighted by atomic mass is 10.4. The van der Waals surface area contributed by atoms with Gasteiger partial charge in [0.05, 0.1) is 0 Å². The molecular formula is C15H28O3Si6. The molecule has 0 aliphatic carbocycles. The van der Waals surface area contributed by atoms with Crippen molar-refractivity contribution in [3.05, 3.63) is 60.7 Å². The van der Waals surface area contributed by atoms with E-state index in [1.54, 1.807) is 0 Å². The van der Waals surface area contributed by atoms with E-state index in [1.807, 2.05) is 0 Å². The van der Waals surface area contributed by atoms with Crippen molar-refractivity contribution in [1.82, 2.24) is 0 Å². The third kappa shape index (κ3) is 7.25. The molecule has 2 rings (SSSR count). The maximum absolute atomic E-state index is 6.51. The van der Waals surface area contributed by atoms with Crippen LogP contribution < -0.4 is 10.4 Å². The normalized spacial score (nSPS) is 14.2. The molecule has 1 unspecified atom stereocenters. The zero-order valence-electron chi connectivity index (χ0n) is 14.9. The van der Waals surface area contributed by atoms with E-state index in [4.69, 9.17) is 12.3 Å². The van der Waals surface area contributed by atoms with Crippen LogP contribution >= 0.6 is 0 Å². The predicted octanol–water partition coefficient (Wildman–Crippen LogP) is -1.43. The van der Waals surface area contributed by atoms with Crippen molar-refractivity contribution in [2.45, 2.75) is 19.6 Å². The molecule has 0 spiro atoms. The van der Waals surface area contributed by atoms with E-state index in [2.05, 4.69) is 80.3 Å². The van der Waals surface area contributed by atoms with Gasteiger partial charge in [0.1, 0.15) is 0 Å². The molecule has 0 amide bonds. The van der Waals surface area contributed by atoms with E-state index in [9.17, 15) is 0 Å². The van der Waals surface area contributed by atoms with Crippen LogP contribution in [0.25, 0.3) is 0 Å². The van der Waals surface area contributed by atoms with Gasteiger partial charge in [-0.05, 0) is 23.5 Å². The molecule has 24 heavy (non-hydrogen) atoms. The van der Waals surface area contributed by atoms with Crippen LogP contribution in [-0.2, 0) is 12.3 Å². The zero-order chi connectivity index (χ0) is 17.2. The Hall–Kier alpha value is -0.379. The zero-order valence-corrected chi connectivity index (χ0v) is 22.6. The lowest BCUT2D eigenvalue weighted by Gasteiger charge is -2.19. The van der Waals surface area contributed by atoms with Gasteiger partial charge in [-0.2, -0.15) is 0 Å². The Morgan fingerprint density at radius 1 is 0.667 bits per heavy atom. The lowest BCUT2D eigenvalue weighted by molar-refractivity contribution is 0.597. The highest BCUT2D eigenvalue weighted by Gasteiger charge is 2.17. The summed E-state index contributed by atoms with van der Waals surface area (Å²) in [5.74, 6) is 0. The number of benzene rings is 2. The molecule has 0 heterocycles. The molecule has 0 N–H and O–H groups in total. The Morgan fingerprint density at radius 3 is 1.67 bits per heavy atom. The van der Waals surface area contributed by atoms with Crippen molar-refractivity contribution in [3.8, 4) is 0 Å². The summed E-state index contributed by atoms with van der Waals surface area (Å²) in [6.07, 6.45) is 0. The van der Waals surface area contributed by atoms with Crippen molar-refractivity contribution >= 4 is 64.9 Å². The van der Waals surface area contributed by atoms with Crippen LogP contribution in [-0.4, -0.2) is 54.5 Å². The molecule has 0 fully saturated rings. The fourth-order valence-electron chi connectivity index (χ4n) is 2.43. The molecule has 2 aromatic rings. The summed E-state index contributed by atoms with van der Waals surface area (Å²) < 4.78 is 18.7. The fourth-order valence-corrected chi connectivity index (χ4v) is 30.6. The molecule has 0 aliphatic rings. The van der Waals surface area contributed by atoms with Gasteiger partial charge in [0.25, 0.3) is 0 Å². The molecular weight excluding hydrogens is 397 g/mol. The van der Waals surface area contributed by atoms with Crippen LogP contribution in [0.4, 0.5) is 0 Å². The summed E-state index contributed by atoms with van der Waals surface area (Å²) in [6, 6.07) is 21.5. The van der Waals surface area contributed by atoms with Gasteiger partial charge in [0.2, 0.25) is 9.04 Å². The second kappa shape index (κ2) is 11.3. The standard InChI is InChI=1S/C15H28O3Si6/c1-22(2)18-21-23(3)16-19-20-17-24(14-10-6-4-7-11-14)15-12-8-5-9-13-15/h4-13,22-24H,19-21H2,1-3H3. The summed E-state index contributed by atoms with van der Waals surface area (Å²) in [7, 11) is -4.69. The van der Waals surface area contributed by atoms with Gasteiger partial charge >= 0.3 is 0 Å². The Morgan fingerprint density at radius 2 is 1.17 bits per heavy atom. The molecule has 9 heteroatoms. The van der Waals surface area contributed by atoms with Gasteiger partial charge < -0.3 is 12.3 Å². The first-order valence-electron chi connectivity index (χ1n) is 8.61. The summed E-state index contributed by atoms with van der Waals surface area (Å²) in [6.45, 7) is 6.81. The molecule has 2 aromatic carbocycles. The fraction of sp³-hybridized carbons (Fsp3) is 0.200. The minimum absolute atomic E-state index is 0.369. The summed E-state index contributed by atoms with van der Waals surface area (Å²) in [4.78, 5) is 0. The first-order chi connectivity index (χ1) is 11.7. The Kier molecular flexibility index (Phi) is 9.37. The summed E-state index contributed by atoms with van der Waals surface area (Å²) >= 11 is 0. The lowest BCUT2D eigenvalue weighted by Crippen LogP contribution is -2.47. The third-order valence-electron chi connectivity index (χ3n) is 3.64. The van der Waals surface area contributed by atoms with Crippen molar-refractivity contribution < 1.29 is 12.3 Å². The largest absolute Gasteiger partial charge is 0.464 e. The average molecular weight is 425 g/mol. The summed E-state index contributed by atoms with van der Waals surface area (Å²) in [5, 5.41) is 2.75. The summed E-state index contributed by atoms with van der Waals surface area (Å²) in [5.41, 5.74) is 0. The van der Waals surface area contributed by atoms with E-state index in [-0.39, 0.29) is 9.28 Å². The molecule has 0 aromatic heterocycles. The van der Waals surface area contributed by atoms with Crippen LogP contribution in [0.15, 0.2) is 60.7 Å². The molecule has 0 saturated carbocycles. The molecule has 0 saturated heterocycles. The third-order valence-corrected chi connectivity index (χ3v) is 25.2. The smallest absolute Gasteiger partial charge is 0.228 e. The Labute approximate surface area is 157 Å².